The number of amides is 3. The molecule has 3 amide bonds. The van der Waals surface area contributed by atoms with Crippen LogP contribution < -0.4 is 25.2 Å². The number of nitrogens with one attached hydrogen (secondary N) is 2. The van der Waals surface area contributed by atoms with Gasteiger partial charge in [0, 0.05) is 37.8 Å². The van der Waals surface area contributed by atoms with E-state index in [1.54, 1.807) is 37.4 Å². The lowest BCUT2D eigenvalue weighted by Gasteiger charge is -2.43. The van der Waals surface area contributed by atoms with E-state index in [4.69, 9.17) is 14.5 Å². The van der Waals surface area contributed by atoms with Crippen molar-refractivity contribution in [2.24, 2.45) is 11.8 Å². The zero-order valence-corrected chi connectivity index (χ0v) is 28.5. The number of carbonyl (C=O) groups is 3. The second kappa shape index (κ2) is 13.2. The summed E-state index contributed by atoms with van der Waals surface area (Å²) in [6.45, 7) is 9.04. The number of ether oxygens (including phenoxy) is 2. The van der Waals surface area contributed by atoms with Crippen LogP contribution >= 0.6 is 0 Å². The lowest BCUT2D eigenvalue weighted by atomic mass is 9.89. The highest BCUT2D eigenvalue weighted by Gasteiger charge is 2.42. The maximum atomic E-state index is 13.4. The Bertz CT molecular complexity index is 1500. The Morgan fingerprint density at radius 3 is 2.53 bits per heavy atom. The van der Waals surface area contributed by atoms with Crippen LogP contribution in [0.15, 0.2) is 24.4 Å². The Hall–Kier alpha value is -4.09. The lowest BCUT2D eigenvalue weighted by molar-refractivity contribution is -0.120. The summed E-state index contributed by atoms with van der Waals surface area (Å²) in [6.07, 6.45) is 9.20. The predicted molar refractivity (Wildman–Crippen MR) is 180 cm³/mol. The van der Waals surface area contributed by atoms with Crippen LogP contribution in [0.1, 0.15) is 89.4 Å². The van der Waals surface area contributed by atoms with Crippen LogP contribution in [0.2, 0.25) is 0 Å². The molecule has 0 bridgehead atoms. The third-order valence-electron chi connectivity index (χ3n) is 10.2. The van der Waals surface area contributed by atoms with Crippen molar-refractivity contribution in [1.82, 2.24) is 20.2 Å². The summed E-state index contributed by atoms with van der Waals surface area (Å²) >= 11 is 0. The number of benzene rings is 1. The summed E-state index contributed by atoms with van der Waals surface area (Å²) in [5.74, 6) is 2.40. The van der Waals surface area contributed by atoms with Crippen LogP contribution in [0.25, 0.3) is 0 Å². The van der Waals surface area contributed by atoms with Gasteiger partial charge in [-0.3, -0.25) is 9.59 Å². The van der Waals surface area contributed by atoms with Gasteiger partial charge in [0.05, 0.1) is 19.0 Å². The first-order valence-electron chi connectivity index (χ1n) is 17.1. The maximum absolute atomic E-state index is 13.4. The summed E-state index contributed by atoms with van der Waals surface area (Å²) in [5, 5.41) is 6.52. The fourth-order valence-corrected chi connectivity index (χ4v) is 7.86. The minimum absolute atomic E-state index is 0.0450. The molecular formula is C35H49N7O5. The number of fused-ring (bicyclic) bond motifs is 2. The summed E-state index contributed by atoms with van der Waals surface area (Å²) in [5.41, 5.74) is 1.33. The molecule has 12 nitrogen and oxygen atoms in total. The van der Waals surface area contributed by atoms with E-state index in [0.717, 1.165) is 50.8 Å². The number of rotatable bonds is 7. The van der Waals surface area contributed by atoms with Crippen molar-refractivity contribution in [3.63, 3.8) is 0 Å². The number of methoxy groups -OCH3 is 1. The first-order chi connectivity index (χ1) is 22.5. The first-order valence-corrected chi connectivity index (χ1v) is 17.1. The van der Waals surface area contributed by atoms with E-state index >= 15 is 0 Å². The van der Waals surface area contributed by atoms with Crippen LogP contribution in [0, 0.1) is 11.8 Å². The number of anilines is 4. The highest BCUT2D eigenvalue weighted by Crippen LogP contribution is 2.41. The number of aromatic nitrogens is 2. The van der Waals surface area contributed by atoms with Gasteiger partial charge in [-0.1, -0.05) is 19.8 Å². The zero-order valence-electron chi connectivity index (χ0n) is 28.5. The molecule has 4 atom stereocenters. The molecule has 4 unspecified atom stereocenters. The average Bonchev–Trinajstić information content (AvgIpc) is 3.71. The molecule has 6 rings (SSSR count). The third kappa shape index (κ3) is 6.82. The number of hydrogen-bond donors (Lipinski definition) is 2. The summed E-state index contributed by atoms with van der Waals surface area (Å²) in [6, 6.07) is 5.38. The number of nitrogens with zero attached hydrogens (tertiary/aromatic N) is 5. The van der Waals surface area contributed by atoms with E-state index in [-0.39, 0.29) is 36.0 Å². The Kier molecular flexibility index (Phi) is 9.22. The molecule has 3 fully saturated rings. The normalized spacial score (nSPS) is 24.6. The van der Waals surface area contributed by atoms with Crippen LogP contribution in [-0.4, -0.2) is 83.7 Å². The monoisotopic (exact) mass is 647 g/mol. The molecule has 2 saturated carbocycles. The third-order valence-corrected chi connectivity index (χ3v) is 10.2. The molecule has 3 heterocycles. The number of piperidine rings is 1. The van der Waals surface area contributed by atoms with E-state index in [9.17, 15) is 14.4 Å². The van der Waals surface area contributed by atoms with Gasteiger partial charge >= 0.3 is 6.09 Å². The Balaban J connectivity index is 1.13. The van der Waals surface area contributed by atoms with Crippen LogP contribution in [0.5, 0.6) is 5.75 Å². The van der Waals surface area contributed by atoms with Gasteiger partial charge in [-0.2, -0.15) is 4.98 Å². The SMILES string of the molecule is CCC1C(=O)N(C)c2cnc(Nc3ccc(C(=O)NC4CC5CCN(C(=O)OC(C)(C)C)CC5C4)cc3OC)nc2N1C1CCCC1. The first kappa shape index (κ1) is 32.8. The smallest absolute Gasteiger partial charge is 0.410 e. The van der Waals surface area contributed by atoms with E-state index < -0.39 is 5.60 Å². The predicted octanol–water partition coefficient (Wildman–Crippen LogP) is 5.50. The average molecular weight is 648 g/mol. The minimum atomic E-state index is -0.521. The Labute approximate surface area is 277 Å². The topological polar surface area (TPSA) is 129 Å². The molecule has 0 spiro atoms. The van der Waals surface area contributed by atoms with E-state index in [1.807, 2.05) is 38.7 Å². The zero-order chi connectivity index (χ0) is 33.5. The maximum Gasteiger partial charge on any atom is 0.410 e. The fourth-order valence-electron chi connectivity index (χ4n) is 7.86. The second-order valence-electron chi connectivity index (χ2n) is 14.5. The highest BCUT2D eigenvalue weighted by molar-refractivity contribution is 6.04. The summed E-state index contributed by atoms with van der Waals surface area (Å²) in [4.78, 5) is 54.4. The second-order valence-corrected chi connectivity index (χ2v) is 14.5. The molecule has 254 valence electrons. The van der Waals surface area contributed by atoms with Crippen LogP contribution in [-0.2, 0) is 9.53 Å². The van der Waals surface area contributed by atoms with Crippen molar-refractivity contribution < 1.29 is 23.9 Å². The molecule has 0 radical (unpaired) electrons. The van der Waals surface area contributed by atoms with Crippen molar-refractivity contribution in [3.05, 3.63) is 30.0 Å². The molecule has 2 aliphatic carbocycles. The molecular weight excluding hydrogens is 598 g/mol. The van der Waals surface area contributed by atoms with Gasteiger partial charge in [0.15, 0.2) is 5.82 Å². The van der Waals surface area contributed by atoms with Gasteiger partial charge in [-0.15, -0.1) is 0 Å². The van der Waals surface area contributed by atoms with Crippen molar-refractivity contribution in [2.75, 3.05) is 42.4 Å². The van der Waals surface area contributed by atoms with Crippen LogP contribution in [0.4, 0.5) is 27.9 Å². The molecule has 2 aromatic rings. The van der Waals surface area contributed by atoms with Crippen molar-refractivity contribution in [1.29, 1.82) is 0 Å². The number of carbonyl (C=O) groups excluding carboxylic acids is 3. The van der Waals surface area contributed by atoms with E-state index in [2.05, 4.69) is 20.5 Å². The van der Waals surface area contributed by atoms with Crippen molar-refractivity contribution in [3.8, 4) is 5.75 Å². The molecule has 2 N–H and O–H groups in total. The quantitative estimate of drug-likeness (QED) is 0.400. The minimum Gasteiger partial charge on any atom is -0.495 e. The van der Waals surface area contributed by atoms with Gasteiger partial charge in [0.25, 0.3) is 5.91 Å². The number of hydrogen-bond acceptors (Lipinski definition) is 9. The number of likely N-dealkylation sites (N-methyl/N-ethyl adjacent to an activating group) is 1. The molecule has 1 saturated heterocycles. The van der Waals surface area contributed by atoms with Crippen LogP contribution in [0.3, 0.4) is 0 Å². The van der Waals surface area contributed by atoms with Gasteiger partial charge in [0.1, 0.15) is 23.1 Å². The molecule has 47 heavy (non-hydrogen) atoms. The fraction of sp³-hybridized carbons (Fsp3) is 0.629. The van der Waals surface area contributed by atoms with Gasteiger partial charge < -0.3 is 34.8 Å². The molecule has 4 aliphatic rings. The molecule has 2 aliphatic heterocycles. The summed E-state index contributed by atoms with van der Waals surface area (Å²) < 4.78 is 11.3. The van der Waals surface area contributed by atoms with E-state index in [0.29, 0.717) is 60.0 Å². The van der Waals surface area contributed by atoms with Crippen molar-refractivity contribution >= 4 is 41.0 Å². The Morgan fingerprint density at radius 2 is 1.83 bits per heavy atom. The molecule has 12 heteroatoms. The lowest BCUT2D eigenvalue weighted by Crippen LogP contribution is -2.55. The largest absolute Gasteiger partial charge is 0.495 e. The standard InChI is InChI=1S/C35H49N7O5/c1-7-27-32(44)40(5)28-19-36-33(39-30(28)42(27)25-10-8-9-11-25)38-26-13-12-22(18-29(26)46-6)31(43)37-24-16-21-14-15-41(20-23(21)17-24)34(45)47-35(2,3)4/h12-13,18-19,21,23-25,27H,7-11,14-17,20H2,1-6H3,(H,37,43)(H,36,38,39). The van der Waals surface area contributed by atoms with Gasteiger partial charge in [-0.25, -0.2) is 9.78 Å². The number of likely N-dealkylation sites (tertiary alicyclic amines) is 1. The Morgan fingerprint density at radius 1 is 1.09 bits per heavy atom. The van der Waals surface area contributed by atoms with Crippen molar-refractivity contribution in [2.45, 2.75) is 103 Å². The van der Waals surface area contributed by atoms with E-state index in [1.165, 1.54) is 0 Å². The molecule has 1 aromatic heterocycles. The summed E-state index contributed by atoms with van der Waals surface area (Å²) in [7, 11) is 3.36. The molecule has 1 aromatic carbocycles. The van der Waals surface area contributed by atoms with Gasteiger partial charge in [-0.05, 0) is 89.3 Å². The highest BCUT2D eigenvalue weighted by atomic mass is 16.6. The van der Waals surface area contributed by atoms with Gasteiger partial charge in [0.2, 0.25) is 11.9 Å².